The number of aryl methyl sites for hydroxylation is 3. The summed E-state index contributed by atoms with van der Waals surface area (Å²) in [5, 5.41) is 11.2. The SMILES string of the molecule is O=C(CCCCc1nncn1CCc1ccccc1)NCc1ccccc1. The molecule has 1 aromatic heterocycles. The highest BCUT2D eigenvalue weighted by molar-refractivity contribution is 5.75. The largest absolute Gasteiger partial charge is 0.352 e. The zero-order valence-corrected chi connectivity index (χ0v) is 15.6. The fourth-order valence-electron chi connectivity index (χ4n) is 3.01. The molecule has 0 saturated carbocycles. The molecule has 3 rings (SSSR count). The summed E-state index contributed by atoms with van der Waals surface area (Å²) < 4.78 is 2.11. The number of hydrogen-bond acceptors (Lipinski definition) is 3. The fourth-order valence-corrected chi connectivity index (χ4v) is 3.01. The van der Waals surface area contributed by atoms with Crippen molar-refractivity contribution >= 4 is 5.91 Å². The van der Waals surface area contributed by atoms with Gasteiger partial charge in [-0.05, 0) is 30.4 Å². The van der Waals surface area contributed by atoms with Crippen molar-refractivity contribution in [2.24, 2.45) is 0 Å². The summed E-state index contributed by atoms with van der Waals surface area (Å²) in [6, 6.07) is 20.4. The van der Waals surface area contributed by atoms with Crippen molar-refractivity contribution in [1.29, 1.82) is 0 Å². The molecule has 5 nitrogen and oxygen atoms in total. The number of hydrogen-bond donors (Lipinski definition) is 1. The van der Waals surface area contributed by atoms with E-state index < -0.39 is 0 Å². The van der Waals surface area contributed by atoms with Gasteiger partial charge in [0.1, 0.15) is 12.2 Å². The Balaban J connectivity index is 1.34. The number of aromatic nitrogens is 3. The van der Waals surface area contributed by atoms with Crippen molar-refractivity contribution in [3.63, 3.8) is 0 Å². The van der Waals surface area contributed by atoms with Crippen LogP contribution in [0.1, 0.15) is 36.2 Å². The van der Waals surface area contributed by atoms with Gasteiger partial charge in [-0.25, -0.2) is 0 Å². The molecule has 0 atom stereocenters. The summed E-state index contributed by atoms with van der Waals surface area (Å²) in [7, 11) is 0. The average molecular weight is 362 g/mol. The van der Waals surface area contributed by atoms with Crippen LogP contribution in [0.4, 0.5) is 0 Å². The van der Waals surface area contributed by atoms with Crippen LogP contribution in [0.5, 0.6) is 0 Å². The predicted molar refractivity (Wildman–Crippen MR) is 106 cm³/mol. The van der Waals surface area contributed by atoms with Gasteiger partial charge in [0, 0.05) is 25.9 Å². The van der Waals surface area contributed by atoms with E-state index in [9.17, 15) is 4.79 Å². The molecule has 0 bridgehead atoms. The van der Waals surface area contributed by atoms with Gasteiger partial charge in [-0.15, -0.1) is 10.2 Å². The van der Waals surface area contributed by atoms with Crippen LogP contribution in [0.2, 0.25) is 0 Å². The third-order valence-electron chi connectivity index (χ3n) is 4.57. The first-order valence-electron chi connectivity index (χ1n) is 9.52. The van der Waals surface area contributed by atoms with Crippen molar-refractivity contribution in [2.45, 2.75) is 45.2 Å². The Bertz CT molecular complexity index is 815. The van der Waals surface area contributed by atoms with E-state index >= 15 is 0 Å². The maximum absolute atomic E-state index is 12.0. The summed E-state index contributed by atoms with van der Waals surface area (Å²) in [5.41, 5.74) is 2.43. The number of unbranched alkanes of at least 4 members (excludes halogenated alkanes) is 1. The lowest BCUT2D eigenvalue weighted by Gasteiger charge is -2.07. The average Bonchev–Trinajstić information content (AvgIpc) is 3.17. The van der Waals surface area contributed by atoms with E-state index in [0.717, 1.165) is 43.6 Å². The molecule has 1 heterocycles. The monoisotopic (exact) mass is 362 g/mol. The van der Waals surface area contributed by atoms with Crippen molar-refractivity contribution in [2.75, 3.05) is 0 Å². The first-order chi connectivity index (χ1) is 13.3. The predicted octanol–water partition coefficient (Wildman–Crippen LogP) is 3.55. The second-order valence-corrected chi connectivity index (χ2v) is 6.65. The zero-order chi connectivity index (χ0) is 18.7. The number of carbonyl (C=O) groups excluding carboxylic acids is 1. The van der Waals surface area contributed by atoms with E-state index in [2.05, 4.69) is 44.3 Å². The minimum atomic E-state index is 0.101. The molecule has 1 N–H and O–H groups in total. The van der Waals surface area contributed by atoms with E-state index in [1.807, 2.05) is 36.4 Å². The number of benzene rings is 2. The van der Waals surface area contributed by atoms with Crippen molar-refractivity contribution in [3.05, 3.63) is 83.9 Å². The van der Waals surface area contributed by atoms with Crippen LogP contribution in [0.15, 0.2) is 67.0 Å². The van der Waals surface area contributed by atoms with Gasteiger partial charge in [0.25, 0.3) is 0 Å². The Morgan fingerprint density at radius 3 is 2.33 bits per heavy atom. The third-order valence-corrected chi connectivity index (χ3v) is 4.57. The number of carbonyl (C=O) groups is 1. The van der Waals surface area contributed by atoms with Gasteiger partial charge in [0.05, 0.1) is 0 Å². The van der Waals surface area contributed by atoms with E-state index in [1.165, 1.54) is 5.56 Å². The lowest BCUT2D eigenvalue weighted by Crippen LogP contribution is -2.22. The molecule has 2 aromatic carbocycles. The lowest BCUT2D eigenvalue weighted by atomic mass is 10.1. The smallest absolute Gasteiger partial charge is 0.220 e. The first kappa shape index (κ1) is 18.8. The first-order valence-corrected chi connectivity index (χ1v) is 9.52. The van der Waals surface area contributed by atoms with Crippen LogP contribution in [-0.2, 0) is 30.7 Å². The molecular weight excluding hydrogens is 336 g/mol. The molecule has 1 amide bonds. The molecule has 5 heteroatoms. The summed E-state index contributed by atoms with van der Waals surface area (Å²) >= 11 is 0. The molecule has 0 aliphatic heterocycles. The van der Waals surface area contributed by atoms with Gasteiger partial charge in [-0.2, -0.15) is 0 Å². The van der Waals surface area contributed by atoms with Crippen LogP contribution in [0.3, 0.4) is 0 Å². The van der Waals surface area contributed by atoms with Crippen LogP contribution in [0.25, 0.3) is 0 Å². The quantitative estimate of drug-likeness (QED) is 0.561. The molecule has 0 unspecified atom stereocenters. The van der Waals surface area contributed by atoms with Crippen LogP contribution in [-0.4, -0.2) is 20.7 Å². The molecule has 0 aliphatic rings. The highest BCUT2D eigenvalue weighted by Gasteiger charge is 2.06. The molecule has 0 aliphatic carbocycles. The van der Waals surface area contributed by atoms with Gasteiger partial charge in [0.15, 0.2) is 0 Å². The molecule has 0 radical (unpaired) electrons. The lowest BCUT2D eigenvalue weighted by molar-refractivity contribution is -0.121. The normalized spacial score (nSPS) is 10.7. The Kier molecular flexibility index (Phi) is 7.16. The van der Waals surface area contributed by atoms with Crippen LogP contribution >= 0.6 is 0 Å². The third kappa shape index (κ3) is 6.37. The Hall–Kier alpha value is -2.95. The minimum Gasteiger partial charge on any atom is -0.352 e. The summed E-state index contributed by atoms with van der Waals surface area (Å²) in [4.78, 5) is 12.0. The number of nitrogens with one attached hydrogen (secondary N) is 1. The van der Waals surface area contributed by atoms with Crippen molar-refractivity contribution < 1.29 is 4.79 Å². The number of nitrogens with zero attached hydrogens (tertiary/aromatic N) is 3. The van der Waals surface area contributed by atoms with Gasteiger partial charge >= 0.3 is 0 Å². The Morgan fingerprint density at radius 2 is 1.59 bits per heavy atom. The minimum absolute atomic E-state index is 0.101. The molecule has 3 aromatic rings. The van der Waals surface area contributed by atoms with E-state index in [-0.39, 0.29) is 5.91 Å². The molecular formula is C22H26N4O. The molecule has 0 fully saturated rings. The van der Waals surface area contributed by atoms with Crippen LogP contribution in [0, 0.1) is 0 Å². The number of amides is 1. The highest BCUT2D eigenvalue weighted by Crippen LogP contribution is 2.07. The van der Waals surface area contributed by atoms with Gasteiger partial charge in [0.2, 0.25) is 5.91 Å². The summed E-state index contributed by atoms with van der Waals surface area (Å²) in [6.07, 6.45) is 5.94. The molecule has 0 saturated heterocycles. The fraction of sp³-hybridized carbons (Fsp3) is 0.318. The second kappa shape index (κ2) is 10.3. The van der Waals surface area contributed by atoms with Crippen LogP contribution < -0.4 is 5.32 Å². The highest BCUT2D eigenvalue weighted by atomic mass is 16.1. The van der Waals surface area contributed by atoms with E-state index in [1.54, 1.807) is 6.33 Å². The Labute approximate surface area is 160 Å². The summed E-state index contributed by atoms with van der Waals surface area (Å²) in [5.74, 6) is 1.10. The molecule has 140 valence electrons. The van der Waals surface area contributed by atoms with Gasteiger partial charge in [-0.3, -0.25) is 4.79 Å². The maximum atomic E-state index is 12.0. The number of rotatable bonds is 10. The maximum Gasteiger partial charge on any atom is 0.220 e. The summed E-state index contributed by atoms with van der Waals surface area (Å²) in [6.45, 7) is 1.47. The van der Waals surface area contributed by atoms with Gasteiger partial charge in [-0.1, -0.05) is 60.7 Å². The van der Waals surface area contributed by atoms with E-state index in [4.69, 9.17) is 0 Å². The zero-order valence-electron chi connectivity index (χ0n) is 15.6. The topological polar surface area (TPSA) is 59.8 Å². The Morgan fingerprint density at radius 1 is 0.889 bits per heavy atom. The van der Waals surface area contributed by atoms with Crippen molar-refractivity contribution in [3.8, 4) is 0 Å². The second-order valence-electron chi connectivity index (χ2n) is 6.65. The standard InChI is InChI=1S/C22H26N4O/c27-22(23-17-20-11-5-2-6-12-20)14-8-7-13-21-25-24-18-26(21)16-15-19-9-3-1-4-10-19/h1-6,9-12,18H,7-8,13-17H2,(H,23,27). The van der Waals surface area contributed by atoms with Gasteiger partial charge < -0.3 is 9.88 Å². The van der Waals surface area contributed by atoms with Crippen molar-refractivity contribution in [1.82, 2.24) is 20.1 Å². The van der Waals surface area contributed by atoms with E-state index in [0.29, 0.717) is 13.0 Å². The molecule has 0 spiro atoms. The molecule has 27 heavy (non-hydrogen) atoms.